The molecule has 0 radical (unpaired) electrons. The van der Waals surface area contributed by atoms with E-state index in [1.54, 1.807) is 0 Å². The lowest BCUT2D eigenvalue weighted by Crippen LogP contribution is -2.35. The highest BCUT2D eigenvalue weighted by atomic mass is 16.3. The molecule has 1 heterocycles. The topological polar surface area (TPSA) is 52.6 Å². The molecule has 0 aromatic heterocycles. The maximum atomic E-state index is 12.8. The van der Waals surface area contributed by atoms with E-state index in [1.807, 2.05) is 42.5 Å². The molecule has 4 rings (SSSR count). The first-order valence-corrected chi connectivity index (χ1v) is 11.1. The van der Waals surface area contributed by atoms with Crippen LogP contribution in [0.1, 0.15) is 45.5 Å². The number of carbonyl (C=O) groups is 1. The lowest BCUT2D eigenvalue weighted by Gasteiger charge is -2.29. The number of piperidine rings is 1. The molecule has 1 fully saturated rings. The van der Waals surface area contributed by atoms with Crippen LogP contribution in [0.5, 0.6) is 0 Å². The van der Waals surface area contributed by atoms with Gasteiger partial charge in [0.05, 0.1) is 6.10 Å². The molecular formula is C27H30N2O2. The Morgan fingerprint density at radius 3 is 2.23 bits per heavy atom. The summed E-state index contributed by atoms with van der Waals surface area (Å²) in [4.78, 5) is 15.2. The lowest BCUT2D eigenvalue weighted by molar-refractivity contribution is 0.0792. The molecule has 0 atom stereocenters. The van der Waals surface area contributed by atoms with Crippen molar-refractivity contribution in [3.8, 4) is 0 Å². The summed E-state index contributed by atoms with van der Waals surface area (Å²) in [5, 5.41) is 12.7. The highest BCUT2D eigenvalue weighted by molar-refractivity contribution is 5.95. The average molecular weight is 415 g/mol. The van der Waals surface area contributed by atoms with E-state index in [2.05, 4.69) is 46.6 Å². The zero-order valence-electron chi connectivity index (χ0n) is 17.8. The summed E-state index contributed by atoms with van der Waals surface area (Å²) in [7, 11) is 0. The van der Waals surface area contributed by atoms with E-state index < -0.39 is 0 Å². The molecule has 1 aliphatic heterocycles. The fourth-order valence-electron chi connectivity index (χ4n) is 4.09. The van der Waals surface area contributed by atoms with Gasteiger partial charge < -0.3 is 10.4 Å². The molecule has 4 nitrogen and oxygen atoms in total. The minimum atomic E-state index is -0.139. The first-order valence-electron chi connectivity index (χ1n) is 11.1. The molecule has 0 spiro atoms. The van der Waals surface area contributed by atoms with Gasteiger partial charge in [-0.25, -0.2) is 0 Å². The summed E-state index contributed by atoms with van der Waals surface area (Å²) < 4.78 is 0. The summed E-state index contributed by atoms with van der Waals surface area (Å²) in [6, 6.07) is 26.5. The molecular weight excluding hydrogens is 384 g/mol. The number of rotatable bonds is 7. The molecule has 160 valence electrons. The fourth-order valence-corrected chi connectivity index (χ4v) is 4.09. The smallest absolute Gasteiger partial charge is 0.251 e. The monoisotopic (exact) mass is 414 g/mol. The van der Waals surface area contributed by atoms with Crippen molar-refractivity contribution in [3.63, 3.8) is 0 Å². The van der Waals surface area contributed by atoms with Crippen molar-refractivity contribution in [3.05, 3.63) is 107 Å². The zero-order valence-corrected chi connectivity index (χ0v) is 17.8. The molecule has 1 saturated heterocycles. The van der Waals surface area contributed by atoms with E-state index in [9.17, 15) is 9.90 Å². The largest absolute Gasteiger partial charge is 0.393 e. The van der Waals surface area contributed by atoms with Crippen LogP contribution in [-0.2, 0) is 19.5 Å². The highest BCUT2D eigenvalue weighted by Crippen LogP contribution is 2.16. The van der Waals surface area contributed by atoms with E-state index in [-0.39, 0.29) is 12.0 Å². The van der Waals surface area contributed by atoms with Gasteiger partial charge in [-0.15, -0.1) is 0 Å². The maximum absolute atomic E-state index is 12.8. The Bertz CT molecular complexity index is 978. The van der Waals surface area contributed by atoms with Crippen LogP contribution in [0.2, 0.25) is 0 Å². The van der Waals surface area contributed by atoms with Crippen LogP contribution in [0.4, 0.5) is 0 Å². The van der Waals surface area contributed by atoms with E-state index in [0.717, 1.165) is 55.6 Å². The first kappa shape index (κ1) is 21.3. The Morgan fingerprint density at radius 2 is 1.48 bits per heavy atom. The Balaban J connectivity index is 1.33. The van der Waals surface area contributed by atoms with Gasteiger partial charge in [0.25, 0.3) is 5.91 Å². The fraction of sp³-hybridized carbons (Fsp3) is 0.296. The maximum Gasteiger partial charge on any atom is 0.251 e. The Morgan fingerprint density at radius 1 is 0.839 bits per heavy atom. The summed E-state index contributed by atoms with van der Waals surface area (Å²) in [5.41, 5.74) is 5.32. The van der Waals surface area contributed by atoms with Crippen LogP contribution in [0.15, 0.2) is 78.9 Å². The van der Waals surface area contributed by atoms with Gasteiger partial charge in [0, 0.05) is 31.7 Å². The van der Waals surface area contributed by atoms with Crippen LogP contribution < -0.4 is 5.32 Å². The third-order valence-corrected chi connectivity index (χ3v) is 5.94. The summed E-state index contributed by atoms with van der Waals surface area (Å²) in [6.07, 6.45) is 2.32. The van der Waals surface area contributed by atoms with Crippen molar-refractivity contribution in [2.75, 3.05) is 13.1 Å². The third-order valence-electron chi connectivity index (χ3n) is 5.94. The Hall–Kier alpha value is -2.95. The van der Waals surface area contributed by atoms with Crippen molar-refractivity contribution in [2.45, 2.75) is 38.5 Å². The molecule has 0 bridgehead atoms. The van der Waals surface area contributed by atoms with Crippen LogP contribution >= 0.6 is 0 Å². The van der Waals surface area contributed by atoms with Gasteiger partial charge >= 0.3 is 0 Å². The van der Waals surface area contributed by atoms with E-state index in [1.165, 1.54) is 11.1 Å². The second kappa shape index (κ2) is 10.4. The third kappa shape index (κ3) is 6.03. The molecule has 1 amide bonds. The van der Waals surface area contributed by atoms with Crippen molar-refractivity contribution < 1.29 is 9.90 Å². The number of hydrogen-bond acceptors (Lipinski definition) is 3. The van der Waals surface area contributed by atoms with Crippen LogP contribution in [0.25, 0.3) is 0 Å². The number of likely N-dealkylation sites (tertiary alicyclic amines) is 1. The number of nitrogens with one attached hydrogen (secondary N) is 1. The second-order valence-electron chi connectivity index (χ2n) is 8.33. The SMILES string of the molecule is O=C(NCc1ccc(CN2CCC(O)CC2)cc1)c1ccccc1Cc1ccccc1. The number of aliphatic hydroxyl groups excluding tert-OH is 1. The van der Waals surface area contributed by atoms with Crippen molar-refractivity contribution in [1.82, 2.24) is 10.2 Å². The lowest BCUT2D eigenvalue weighted by atomic mass is 9.99. The van der Waals surface area contributed by atoms with Crippen LogP contribution in [0.3, 0.4) is 0 Å². The molecule has 0 unspecified atom stereocenters. The number of carbonyl (C=O) groups excluding carboxylic acids is 1. The minimum absolute atomic E-state index is 0.0394. The first-order chi connectivity index (χ1) is 15.2. The Kier molecular flexibility index (Phi) is 7.13. The number of hydrogen-bond donors (Lipinski definition) is 2. The molecule has 3 aromatic rings. The van der Waals surface area contributed by atoms with Gasteiger partial charge in [-0.2, -0.15) is 0 Å². The van der Waals surface area contributed by atoms with Gasteiger partial charge in [0.1, 0.15) is 0 Å². The Labute approximate surface area is 184 Å². The number of aliphatic hydroxyl groups is 1. The predicted octanol–water partition coefficient (Wildman–Crippen LogP) is 4.16. The average Bonchev–Trinajstić information content (AvgIpc) is 2.81. The van der Waals surface area contributed by atoms with Crippen LogP contribution in [0, 0.1) is 0 Å². The number of benzene rings is 3. The standard InChI is InChI=1S/C27H30N2O2/c30-25-14-16-29(17-15-25)20-23-12-10-22(11-13-23)19-28-27(31)26-9-5-4-8-24(26)18-21-6-2-1-3-7-21/h1-13,25,30H,14-20H2,(H,28,31). The normalized spacial score (nSPS) is 15.0. The van der Waals surface area contributed by atoms with E-state index in [4.69, 9.17) is 0 Å². The molecule has 0 aliphatic carbocycles. The highest BCUT2D eigenvalue weighted by Gasteiger charge is 2.17. The molecule has 1 aliphatic rings. The quantitative estimate of drug-likeness (QED) is 0.610. The summed E-state index contributed by atoms with van der Waals surface area (Å²) in [5.74, 6) is -0.0394. The molecule has 4 heteroatoms. The predicted molar refractivity (Wildman–Crippen MR) is 124 cm³/mol. The van der Waals surface area contributed by atoms with Crippen molar-refractivity contribution in [1.29, 1.82) is 0 Å². The summed E-state index contributed by atoms with van der Waals surface area (Å²) >= 11 is 0. The minimum Gasteiger partial charge on any atom is -0.393 e. The van der Waals surface area contributed by atoms with Crippen LogP contribution in [-0.4, -0.2) is 35.1 Å². The van der Waals surface area contributed by atoms with Gasteiger partial charge in [-0.1, -0.05) is 72.8 Å². The van der Waals surface area contributed by atoms with Gasteiger partial charge in [-0.05, 0) is 47.6 Å². The van der Waals surface area contributed by atoms with Gasteiger partial charge in [-0.3, -0.25) is 9.69 Å². The number of nitrogens with zero attached hydrogens (tertiary/aromatic N) is 1. The molecule has 3 aromatic carbocycles. The number of amides is 1. The molecule has 2 N–H and O–H groups in total. The summed E-state index contributed by atoms with van der Waals surface area (Å²) in [6.45, 7) is 3.31. The zero-order chi connectivity index (χ0) is 21.5. The van der Waals surface area contributed by atoms with Gasteiger partial charge in [0.15, 0.2) is 0 Å². The van der Waals surface area contributed by atoms with Crippen molar-refractivity contribution >= 4 is 5.91 Å². The molecule has 31 heavy (non-hydrogen) atoms. The molecule has 0 saturated carbocycles. The van der Waals surface area contributed by atoms with Gasteiger partial charge in [0.2, 0.25) is 0 Å². The van der Waals surface area contributed by atoms with E-state index in [0.29, 0.717) is 6.54 Å². The van der Waals surface area contributed by atoms with E-state index >= 15 is 0 Å². The second-order valence-corrected chi connectivity index (χ2v) is 8.33. The van der Waals surface area contributed by atoms with Crippen molar-refractivity contribution in [2.24, 2.45) is 0 Å².